The maximum absolute atomic E-state index is 10.7. The number of nitrogens with zero attached hydrogens (tertiary/aromatic N) is 1. The summed E-state index contributed by atoms with van der Waals surface area (Å²) in [6, 6.07) is -0.238. The summed E-state index contributed by atoms with van der Waals surface area (Å²) in [6.07, 6.45) is 4.18. The van der Waals surface area contributed by atoms with Gasteiger partial charge in [0.25, 0.3) is 0 Å². The molecule has 0 aromatic rings. The molecule has 1 N–H and O–H groups in total. The molecule has 0 aliphatic carbocycles. The Kier molecular flexibility index (Phi) is 2.88. The van der Waals surface area contributed by atoms with Crippen LogP contribution < -0.4 is 0 Å². The van der Waals surface area contributed by atoms with Crippen LogP contribution in [0.2, 0.25) is 0 Å². The van der Waals surface area contributed by atoms with E-state index in [-0.39, 0.29) is 6.04 Å². The monoisotopic (exact) mass is 157 g/mol. The van der Waals surface area contributed by atoms with Crippen molar-refractivity contribution in [1.82, 2.24) is 4.90 Å². The highest BCUT2D eigenvalue weighted by molar-refractivity contribution is 5.73. The van der Waals surface area contributed by atoms with Gasteiger partial charge in [-0.2, -0.15) is 0 Å². The quantitative estimate of drug-likeness (QED) is 0.616. The number of hydrogen-bond donors (Lipinski definition) is 1. The Morgan fingerprint density at radius 2 is 2.18 bits per heavy atom. The third-order valence-corrected chi connectivity index (χ3v) is 2.31. The van der Waals surface area contributed by atoms with Gasteiger partial charge in [0.2, 0.25) is 0 Å². The van der Waals surface area contributed by atoms with E-state index in [2.05, 4.69) is 0 Å². The van der Waals surface area contributed by atoms with Crippen LogP contribution in [0.5, 0.6) is 0 Å². The van der Waals surface area contributed by atoms with E-state index >= 15 is 0 Å². The fourth-order valence-electron chi connectivity index (χ4n) is 1.56. The lowest BCUT2D eigenvalue weighted by atomic mass is 10.1. The predicted octanol–water partition coefficient (Wildman–Crippen LogP) is 0.945. The first-order valence-corrected chi connectivity index (χ1v) is 4.15. The summed E-state index contributed by atoms with van der Waals surface area (Å²) in [7, 11) is 1.89. The van der Waals surface area contributed by atoms with Gasteiger partial charge >= 0.3 is 5.97 Å². The number of aliphatic carboxylic acids is 1. The Balaban J connectivity index is 2.52. The molecule has 0 aromatic heterocycles. The van der Waals surface area contributed by atoms with Crippen molar-refractivity contribution < 1.29 is 9.90 Å². The second kappa shape index (κ2) is 3.72. The highest BCUT2D eigenvalue weighted by Crippen LogP contribution is 2.14. The molecular formula is C8H15NO2. The standard InChI is InChI=1S/C8H15NO2/c1-9-6-4-2-3-5-7(9)8(10)11/h7H,2-6H2,1H3,(H,10,11)/t7-/m1/s1. The van der Waals surface area contributed by atoms with Gasteiger partial charge in [-0.05, 0) is 26.4 Å². The van der Waals surface area contributed by atoms with Gasteiger partial charge in [-0.25, -0.2) is 0 Å². The summed E-state index contributed by atoms with van der Waals surface area (Å²) in [5, 5.41) is 8.79. The number of likely N-dealkylation sites (tertiary alicyclic amines) is 1. The zero-order chi connectivity index (χ0) is 8.27. The molecule has 11 heavy (non-hydrogen) atoms. The number of carbonyl (C=O) groups is 1. The fraction of sp³-hybridized carbons (Fsp3) is 0.875. The number of carboxylic acid groups (broad SMARTS) is 1. The molecular weight excluding hydrogens is 142 g/mol. The van der Waals surface area contributed by atoms with Crippen molar-refractivity contribution >= 4 is 5.97 Å². The van der Waals surface area contributed by atoms with Crippen molar-refractivity contribution in [2.75, 3.05) is 13.6 Å². The van der Waals surface area contributed by atoms with Crippen LogP contribution in [0.3, 0.4) is 0 Å². The molecule has 0 unspecified atom stereocenters. The summed E-state index contributed by atoms with van der Waals surface area (Å²) < 4.78 is 0. The van der Waals surface area contributed by atoms with E-state index in [1.54, 1.807) is 0 Å². The SMILES string of the molecule is CN1CCCCC[C@@H]1C(=O)O. The first-order chi connectivity index (χ1) is 5.22. The maximum atomic E-state index is 10.7. The smallest absolute Gasteiger partial charge is 0.320 e. The molecule has 1 atom stereocenters. The molecule has 0 aromatic carbocycles. The van der Waals surface area contributed by atoms with E-state index < -0.39 is 5.97 Å². The molecule has 0 spiro atoms. The lowest BCUT2D eigenvalue weighted by Gasteiger charge is -2.20. The van der Waals surface area contributed by atoms with Crippen molar-refractivity contribution in [3.8, 4) is 0 Å². The summed E-state index contributed by atoms with van der Waals surface area (Å²) in [4.78, 5) is 12.6. The minimum absolute atomic E-state index is 0.238. The van der Waals surface area contributed by atoms with Gasteiger partial charge < -0.3 is 5.11 Å². The Hall–Kier alpha value is -0.570. The number of hydrogen-bond acceptors (Lipinski definition) is 2. The largest absolute Gasteiger partial charge is 0.480 e. The molecule has 3 heteroatoms. The molecule has 64 valence electrons. The minimum atomic E-state index is -0.672. The predicted molar refractivity (Wildman–Crippen MR) is 42.5 cm³/mol. The van der Waals surface area contributed by atoms with Crippen molar-refractivity contribution in [3.05, 3.63) is 0 Å². The fourth-order valence-corrected chi connectivity index (χ4v) is 1.56. The van der Waals surface area contributed by atoms with Gasteiger partial charge in [0.15, 0.2) is 0 Å². The highest BCUT2D eigenvalue weighted by atomic mass is 16.4. The molecule has 1 aliphatic heterocycles. The number of rotatable bonds is 1. The zero-order valence-electron chi connectivity index (χ0n) is 6.92. The van der Waals surface area contributed by atoms with Crippen molar-refractivity contribution in [1.29, 1.82) is 0 Å². The van der Waals surface area contributed by atoms with Crippen LogP contribution in [-0.4, -0.2) is 35.6 Å². The van der Waals surface area contributed by atoms with Crippen LogP contribution in [-0.2, 0) is 4.79 Å². The van der Waals surface area contributed by atoms with Crippen LogP contribution in [0.15, 0.2) is 0 Å². The minimum Gasteiger partial charge on any atom is -0.480 e. The number of carboxylic acids is 1. The van der Waals surface area contributed by atoms with Crippen LogP contribution in [0.25, 0.3) is 0 Å². The molecule has 1 fully saturated rings. The molecule has 0 radical (unpaired) electrons. The third kappa shape index (κ3) is 2.19. The van der Waals surface area contributed by atoms with Crippen molar-refractivity contribution in [2.24, 2.45) is 0 Å². The molecule has 1 heterocycles. The lowest BCUT2D eigenvalue weighted by Crippen LogP contribution is -2.37. The van der Waals surface area contributed by atoms with Gasteiger partial charge in [-0.15, -0.1) is 0 Å². The Labute approximate surface area is 67.0 Å². The summed E-state index contributed by atoms with van der Waals surface area (Å²) in [5.41, 5.74) is 0. The molecule has 0 amide bonds. The second-order valence-electron chi connectivity index (χ2n) is 3.18. The summed E-state index contributed by atoms with van der Waals surface area (Å²) in [5.74, 6) is -0.672. The second-order valence-corrected chi connectivity index (χ2v) is 3.18. The highest BCUT2D eigenvalue weighted by Gasteiger charge is 2.23. The van der Waals surface area contributed by atoms with Gasteiger partial charge in [-0.1, -0.05) is 12.8 Å². The normalized spacial score (nSPS) is 27.9. The first-order valence-electron chi connectivity index (χ1n) is 4.15. The molecule has 1 aliphatic rings. The molecule has 0 bridgehead atoms. The zero-order valence-corrected chi connectivity index (χ0v) is 6.92. The topological polar surface area (TPSA) is 40.5 Å². The van der Waals surface area contributed by atoms with Gasteiger partial charge in [0, 0.05) is 0 Å². The summed E-state index contributed by atoms with van der Waals surface area (Å²) in [6.45, 7) is 0.928. The van der Waals surface area contributed by atoms with E-state index in [1.807, 2.05) is 11.9 Å². The van der Waals surface area contributed by atoms with E-state index in [4.69, 9.17) is 5.11 Å². The van der Waals surface area contributed by atoms with Gasteiger partial charge in [0.1, 0.15) is 6.04 Å². The van der Waals surface area contributed by atoms with Gasteiger partial charge in [-0.3, -0.25) is 9.69 Å². The third-order valence-electron chi connectivity index (χ3n) is 2.31. The lowest BCUT2D eigenvalue weighted by molar-refractivity contribution is -0.142. The number of likely N-dealkylation sites (N-methyl/N-ethyl adjacent to an activating group) is 1. The van der Waals surface area contributed by atoms with Crippen LogP contribution in [0.4, 0.5) is 0 Å². The Morgan fingerprint density at radius 1 is 1.45 bits per heavy atom. The van der Waals surface area contributed by atoms with E-state index in [9.17, 15) is 4.79 Å². The van der Waals surface area contributed by atoms with E-state index in [1.165, 1.54) is 6.42 Å². The van der Waals surface area contributed by atoms with Gasteiger partial charge in [0.05, 0.1) is 0 Å². The molecule has 3 nitrogen and oxygen atoms in total. The average molecular weight is 157 g/mol. The van der Waals surface area contributed by atoms with Crippen LogP contribution >= 0.6 is 0 Å². The maximum Gasteiger partial charge on any atom is 0.320 e. The van der Waals surface area contributed by atoms with E-state index in [0.717, 1.165) is 25.8 Å². The summed E-state index contributed by atoms with van der Waals surface area (Å²) >= 11 is 0. The molecule has 0 saturated carbocycles. The van der Waals surface area contributed by atoms with Crippen molar-refractivity contribution in [3.63, 3.8) is 0 Å². The molecule has 1 rings (SSSR count). The van der Waals surface area contributed by atoms with E-state index in [0.29, 0.717) is 0 Å². The van der Waals surface area contributed by atoms with Crippen LogP contribution in [0, 0.1) is 0 Å². The molecule has 1 saturated heterocycles. The Morgan fingerprint density at radius 3 is 2.82 bits per heavy atom. The average Bonchev–Trinajstić information content (AvgIpc) is 2.13. The Bertz CT molecular complexity index is 147. The van der Waals surface area contributed by atoms with Crippen LogP contribution in [0.1, 0.15) is 25.7 Å². The first kappa shape index (κ1) is 8.53. The van der Waals surface area contributed by atoms with Crippen molar-refractivity contribution in [2.45, 2.75) is 31.7 Å².